The van der Waals surface area contributed by atoms with Crippen LogP contribution >= 0.6 is 0 Å². The summed E-state index contributed by atoms with van der Waals surface area (Å²) in [7, 11) is 0. The number of carbonyl (C=O) groups is 2. The molecule has 0 saturated heterocycles. The van der Waals surface area contributed by atoms with E-state index in [1.54, 1.807) is 0 Å². The van der Waals surface area contributed by atoms with Crippen LogP contribution in [0, 0.1) is 5.92 Å². The summed E-state index contributed by atoms with van der Waals surface area (Å²) in [5, 5.41) is 11.5. The molecule has 1 amide bonds. The van der Waals surface area contributed by atoms with E-state index in [1.165, 1.54) is 11.1 Å². The highest BCUT2D eigenvalue weighted by Crippen LogP contribution is 2.60. The van der Waals surface area contributed by atoms with E-state index in [9.17, 15) is 9.59 Å². The molecule has 112 valence electrons. The van der Waals surface area contributed by atoms with Crippen LogP contribution in [0.25, 0.3) is 0 Å². The van der Waals surface area contributed by atoms with Gasteiger partial charge in [0.05, 0.1) is 0 Å². The van der Waals surface area contributed by atoms with Gasteiger partial charge in [-0.25, -0.2) is 0 Å². The summed E-state index contributed by atoms with van der Waals surface area (Å²) in [6, 6.07) is 8.48. The Kier molecular flexibility index (Phi) is 3.70. The molecule has 2 N–H and O–H groups in total. The standard InChI is InChI=1S/C17H21NO3/c19-15(20)8-4-10-18-16(21)14-11-17(14)9-3-6-12-5-1-2-7-13(12)17/h1-2,5,7,14H,3-4,6,8-11H2,(H,18,21)(H,19,20). The zero-order valence-corrected chi connectivity index (χ0v) is 12.1. The van der Waals surface area contributed by atoms with Crippen LogP contribution in [0.3, 0.4) is 0 Å². The van der Waals surface area contributed by atoms with Crippen LogP contribution < -0.4 is 5.32 Å². The lowest BCUT2D eigenvalue weighted by Crippen LogP contribution is -2.31. The van der Waals surface area contributed by atoms with Gasteiger partial charge in [0.15, 0.2) is 0 Å². The van der Waals surface area contributed by atoms with Gasteiger partial charge in [0.25, 0.3) is 0 Å². The maximum absolute atomic E-state index is 12.3. The molecule has 0 bridgehead atoms. The second kappa shape index (κ2) is 5.51. The zero-order chi connectivity index (χ0) is 14.9. The molecule has 1 aromatic rings. The SMILES string of the molecule is O=C(O)CCCNC(=O)C1CC12CCCc1ccccc12. The van der Waals surface area contributed by atoms with Gasteiger partial charge in [-0.05, 0) is 43.2 Å². The second-order valence-corrected chi connectivity index (χ2v) is 6.21. The quantitative estimate of drug-likeness (QED) is 0.816. The van der Waals surface area contributed by atoms with Crippen LogP contribution in [0.2, 0.25) is 0 Å². The molecule has 1 aromatic carbocycles. The van der Waals surface area contributed by atoms with E-state index in [1.807, 2.05) is 0 Å². The van der Waals surface area contributed by atoms with E-state index >= 15 is 0 Å². The monoisotopic (exact) mass is 287 g/mol. The lowest BCUT2D eigenvalue weighted by molar-refractivity contribution is -0.137. The summed E-state index contributed by atoms with van der Waals surface area (Å²) in [4.78, 5) is 22.7. The van der Waals surface area contributed by atoms with Crippen molar-refractivity contribution in [3.8, 4) is 0 Å². The Balaban J connectivity index is 1.61. The third-order valence-electron chi connectivity index (χ3n) is 4.88. The zero-order valence-electron chi connectivity index (χ0n) is 12.1. The predicted molar refractivity (Wildman–Crippen MR) is 79.0 cm³/mol. The number of aryl methyl sites for hydroxylation is 1. The number of carbonyl (C=O) groups excluding carboxylic acids is 1. The first-order chi connectivity index (χ1) is 10.1. The summed E-state index contributed by atoms with van der Waals surface area (Å²) < 4.78 is 0. The normalized spacial score (nSPS) is 26.2. The van der Waals surface area contributed by atoms with Crippen LogP contribution in [0.5, 0.6) is 0 Å². The largest absolute Gasteiger partial charge is 0.481 e. The molecule has 2 unspecified atom stereocenters. The molecule has 2 aliphatic carbocycles. The molecule has 21 heavy (non-hydrogen) atoms. The molecule has 1 fully saturated rings. The first-order valence-corrected chi connectivity index (χ1v) is 7.71. The molecule has 1 saturated carbocycles. The molecule has 0 aliphatic heterocycles. The molecular weight excluding hydrogens is 266 g/mol. The summed E-state index contributed by atoms with van der Waals surface area (Å²) in [5.41, 5.74) is 2.82. The van der Waals surface area contributed by atoms with Crippen molar-refractivity contribution in [3.63, 3.8) is 0 Å². The van der Waals surface area contributed by atoms with Crippen molar-refractivity contribution in [2.24, 2.45) is 5.92 Å². The number of benzene rings is 1. The highest BCUT2D eigenvalue weighted by atomic mass is 16.4. The highest BCUT2D eigenvalue weighted by Gasteiger charge is 2.59. The van der Waals surface area contributed by atoms with Gasteiger partial charge in [0.1, 0.15) is 0 Å². The Labute approximate surface area is 124 Å². The van der Waals surface area contributed by atoms with E-state index < -0.39 is 5.97 Å². The minimum atomic E-state index is -0.812. The van der Waals surface area contributed by atoms with Gasteiger partial charge >= 0.3 is 5.97 Å². The number of nitrogens with one attached hydrogen (secondary N) is 1. The van der Waals surface area contributed by atoms with E-state index in [0.29, 0.717) is 13.0 Å². The molecule has 4 heteroatoms. The van der Waals surface area contributed by atoms with Crippen LogP contribution in [0.15, 0.2) is 24.3 Å². The summed E-state index contributed by atoms with van der Waals surface area (Å²) in [6.45, 7) is 0.458. The second-order valence-electron chi connectivity index (χ2n) is 6.21. The minimum absolute atomic E-state index is 0.0612. The highest BCUT2D eigenvalue weighted by molar-refractivity contribution is 5.84. The van der Waals surface area contributed by atoms with Crippen LogP contribution in [0.4, 0.5) is 0 Å². The number of fused-ring (bicyclic) bond motifs is 2. The fourth-order valence-electron chi connectivity index (χ4n) is 3.75. The smallest absolute Gasteiger partial charge is 0.303 e. The van der Waals surface area contributed by atoms with E-state index in [4.69, 9.17) is 5.11 Å². The fraction of sp³-hybridized carbons (Fsp3) is 0.529. The third kappa shape index (κ3) is 2.67. The van der Waals surface area contributed by atoms with Gasteiger partial charge < -0.3 is 10.4 Å². The van der Waals surface area contributed by atoms with E-state index in [0.717, 1.165) is 25.7 Å². The number of aliphatic carboxylic acids is 1. The lowest BCUT2D eigenvalue weighted by atomic mass is 9.78. The first kappa shape index (κ1) is 14.1. The first-order valence-electron chi connectivity index (χ1n) is 7.71. The molecule has 1 spiro atoms. The minimum Gasteiger partial charge on any atom is -0.481 e. The van der Waals surface area contributed by atoms with Gasteiger partial charge in [0.2, 0.25) is 5.91 Å². The van der Waals surface area contributed by atoms with Crippen molar-refractivity contribution < 1.29 is 14.7 Å². The molecule has 3 rings (SSSR count). The Morgan fingerprint density at radius 1 is 1.33 bits per heavy atom. The van der Waals surface area contributed by atoms with Gasteiger partial charge in [-0.1, -0.05) is 24.3 Å². The maximum Gasteiger partial charge on any atom is 0.303 e. The van der Waals surface area contributed by atoms with E-state index in [2.05, 4.69) is 29.6 Å². The number of rotatable bonds is 5. The van der Waals surface area contributed by atoms with E-state index in [-0.39, 0.29) is 23.7 Å². The molecule has 2 atom stereocenters. The predicted octanol–water partition coefficient (Wildman–Crippen LogP) is 2.26. The Hall–Kier alpha value is -1.84. The van der Waals surface area contributed by atoms with Crippen LogP contribution in [-0.2, 0) is 21.4 Å². The van der Waals surface area contributed by atoms with Gasteiger partial charge in [-0.2, -0.15) is 0 Å². The van der Waals surface area contributed by atoms with Crippen molar-refractivity contribution in [3.05, 3.63) is 35.4 Å². The fourth-order valence-corrected chi connectivity index (χ4v) is 3.75. The molecule has 0 aromatic heterocycles. The van der Waals surface area contributed by atoms with Crippen molar-refractivity contribution in [1.82, 2.24) is 5.32 Å². The third-order valence-corrected chi connectivity index (χ3v) is 4.88. The average Bonchev–Trinajstić information content (AvgIpc) is 3.19. The molecule has 0 radical (unpaired) electrons. The van der Waals surface area contributed by atoms with Crippen molar-refractivity contribution in [1.29, 1.82) is 0 Å². The number of carboxylic acid groups (broad SMARTS) is 1. The van der Waals surface area contributed by atoms with Gasteiger partial charge in [0, 0.05) is 24.3 Å². The summed E-state index contributed by atoms with van der Waals surface area (Å²) in [5.74, 6) is -0.644. The van der Waals surface area contributed by atoms with Gasteiger partial charge in [-0.15, -0.1) is 0 Å². The molecule has 2 aliphatic rings. The number of amides is 1. The lowest BCUT2D eigenvalue weighted by Gasteiger charge is -2.26. The van der Waals surface area contributed by atoms with Gasteiger partial charge in [-0.3, -0.25) is 9.59 Å². The number of hydrogen-bond donors (Lipinski definition) is 2. The Morgan fingerprint density at radius 2 is 2.14 bits per heavy atom. The molecule has 0 heterocycles. The summed E-state index contributed by atoms with van der Waals surface area (Å²) >= 11 is 0. The molecular formula is C17H21NO3. The van der Waals surface area contributed by atoms with Crippen molar-refractivity contribution in [2.45, 2.75) is 43.9 Å². The van der Waals surface area contributed by atoms with Crippen molar-refractivity contribution >= 4 is 11.9 Å². The Morgan fingerprint density at radius 3 is 2.95 bits per heavy atom. The topological polar surface area (TPSA) is 66.4 Å². The summed E-state index contributed by atoms with van der Waals surface area (Å²) in [6.07, 6.45) is 4.91. The number of hydrogen-bond acceptors (Lipinski definition) is 2. The Bertz CT molecular complexity index is 569. The van der Waals surface area contributed by atoms with Crippen LogP contribution in [-0.4, -0.2) is 23.5 Å². The maximum atomic E-state index is 12.3. The number of carboxylic acids is 1. The van der Waals surface area contributed by atoms with Crippen LogP contribution in [0.1, 0.15) is 43.2 Å². The average molecular weight is 287 g/mol. The molecule has 4 nitrogen and oxygen atoms in total. The van der Waals surface area contributed by atoms with Crippen molar-refractivity contribution in [2.75, 3.05) is 6.54 Å².